The molecule has 1 atom stereocenters. The molecule has 2 aromatic rings. The van der Waals surface area contributed by atoms with Crippen molar-refractivity contribution in [1.82, 2.24) is 10.2 Å². The van der Waals surface area contributed by atoms with Crippen LogP contribution in [0.2, 0.25) is 0 Å². The van der Waals surface area contributed by atoms with Gasteiger partial charge in [-0.3, -0.25) is 0 Å². The number of nitrogens with zero attached hydrogens (tertiary/aromatic N) is 2. The summed E-state index contributed by atoms with van der Waals surface area (Å²) in [5.74, 6) is 1.38. The highest BCUT2D eigenvalue weighted by atomic mass is 16.5. The molecule has 6 nitrogen and oxygen atoms in total. The zero-order valence-electron chi connectivity index (χ0n) is 17.7. The van der Waals surface area contributed by atoms with Gasteiger partial charge in [0.2, 0.25) is 0 Å². The van der Waals surface area contributed by atoms with E-state index in [1.54, 1.807) is 7.11 Å². The Morgan fingerprint density at radius 2 is 1.66 bits per heavy atom. The third kappa shape index (κ3) is 5.34. The number of rotatable bonds is 6. The molecule has 29 heavy (non-hydrogen) atoms. The zero-order chi connectivity index (χ0) is 20.8. The largest absolute Gasteiger partial charge is 0.493 e. The first kappa shape index (κ1) is 20.8. The molecule has 0 aliphatic carbocycles. The fraction of sp³-hybridized carbons (Fsp3) is 0.435. The van der Waals surface area contributed by atoms with Gasteiger partial charge in [-0.05, 0) is 50.6 Å². The number of nitrogens with one attached hydrogen (secondary N) is 1. The summed E-state index contributed by atoms with van der Waals surface area (Å²) >= 11 is 0. The van der Waals surface area contributed by atoms with E-state index in [0.717, 1.165) is 18.7 Å². The number of piperazine rings is 1. The van der Waals surface area contributed by atoms with Crippen LogP contribution in [-0.2, 0) is 0 Å². The van der Waals surface area contributed by atoms with Gasteiger partial charge in [0.1, 0.15) is 0 Å². The minimum absolute atomic E-state index is 0.0355. The minimum Gasteiger partial charge on any atom is -0.493 e. The van der Waals surface area contributed by atoms with E-state index in [2.05, 4.69) is 22.3 Å². The number of benzene rings is 2. The van der Waals surface area contributed by atoms with Crippen LogP contribution in [0.25, 0.3) is 0 Å². The van der Waals surface area contributed by atoms with Crippen LogP contribution in [0.4, 0.5) is 10.5 Å². The van der Waals surface area contributed by atoms with Crippen molar-refractivity contribution in [2.45, 2.75) is 32.9 Å². The van der Waals surface area contributed by atoms with Gasteiger partial charge >= 0.3 is 6.03 Å². The van der Waals surface area contributed by atoms with E-state index in [1.807, 2.05) is 62.1 Å². The quantitative estimate of drug-likeness (QED) is 0.798. The monoisotopic (exact) mass is 397 g/mol. The topological polar surface area (TPSA) is 54.0 Å². The summed E-state index contributed by atoms with van der Waals surface area (Å²) in [5.41, 5.74) is 2.19. The molecular formula is C23H31N3O3. The van der Waals surface area contributed by atoms with Crippen molar-refractivity contribution in [3.63, 3.8) is 0 Å². The van der Waals surface area contributed by atoms with Gasteiger partial charge in [-0.15, -0.1) is 0 Å². The number of carbonyl (C=O) groups is 1. The van der Waals surface area contributed by atoms with Gasteiger partial charge < -0.3 is 24.6 Å². The molecule has 156 valence electrons. The number of urea groups is 1. The fourth-order valence-corrected chi connectivity index (χ4v) is 3.47. The lowest BCUT2D eigenvalue weighted by molar-refractivity contribution is 0.191. The molecule has 2 amide bonds. The van der Waals surface area contributed by atoms with Crippen LogP contribution in [0, 0.1) is 0 Å². The second-order valence-electron chi connectivity index (χ2n) is 7.56. The molecule has 1 N–H and O–H groups in total. The molecule has 0 aromatic heterocycles. The molecule has 1 aliphatic heterocycles. The third-order valence-electron chi connectivity index (χ3n) is 5.08. The van der Waals surface area contributed by atoms with Gasteiger partial charge in [0, 0.05) is 31.9 Å². The second-order valence-corrected chi connectivity index (χ2v) is 7.56. The Bertz CT molecular complexity index is 802. The molecule has 1 heterocycles. The molecule has 0 saturated carbocycles. The predicted molar refractivity (Wildman–Crippen MR) is 116 cm³/mol. The molecule has 1 fully saturated rings. The third-order valence-corrected chi connectivity index (χ3v) is 5.08. The van der Waals surface area contributed by atoms with Crippen molar-refractivity contribution in [3.8, 4) is 11.5 Å². The van der Waals surface area contributed by atoms with Crippen LogP contribution in [-0.4, -0.2) is 50.3 Å². The van der Waals surface area contributed by atoms with Crippen molar-refractivity contribution in [2.75, 3.05) is 38.2 Å². The standard InChI is InChI=1S/C23H31N3O3/c1-17(2)29-21-11-10-19(16-22(21)28-4)18(3)24-23(27)26-14-12-25(13-15-26)20-8-6-5-7-9-20/h5-11,16-18H,12-15H2,1-4H3,(H,24,27). The maximum atomic E-state index is 12.7. The number of ether oxygens (including phenoxy) is 2. The molecule has 0 spiro atoms. The molecule has 6 heteroatoms. The molecule has 1 unspecified atom stereocenters. The van der Waals surface area contributed by atoms with Crippen LogP contribution in [0.5, 0.6) is 11.5 Å². The van der Waals surface area contributed by atoms with Crippen LogP contribution in [0.15, 0.2) is 48.5 Å². The molecule has 1 aliphatic rings. The van der Waals surface area contributed by atoms with Crippen molar-refractivity contribution >= 4 is 11.7 Å². The summed E-state index contributed by atoms with van der Waals surface area (Å²) < 4.78 is 11.2. The number of hydrogen-bond acceptors (Lipinski definition) is 4. The maximum Gasteiger partial charge on any atom is 0.317 e. The Balaban J connectivity index is 1.57. The molecule has 1 saturated heterocycles. The normalized spacial score (nSPS) is 15.2. The van der Waals surface area contributed by atoms with E-state index in [4.69, 9.17) is 9.47 Å². The van der Waals surface area contributed by atoms with Crippen LogP contribution >= 0.6 is 0 Å². The Labute approximate surface area is 173 Å². The molecule has 0 bridgehead atoms. The summed E-state index contributed by atoms with van der Waals surface area (Å²) in [7, 11) is 1.63. The fourth-order valence-electron chi connectivity index (χ4n) is 3.47. The highest BCUT2D eigenvalue weighted by Crippen LogP contribution is 2.31. The van der Waals surface area contributed by atoms with E-state index in [-0.39, 0.29) is 18.2 Å². The van der Waals surface area contributed by atoms with Gasteiger partial charge in [0.05, 0.1) is 19.3 Å². The van der Waals surface area contributed by atoms with Crippen LogP contribution < -0.4 is 19.7 Å². The number of carbonyl (C=O) groups excluding carboxylic acids is 1. The van der Waals surface area contributed by atoms with Crippen LogP contribution in [0.1, 0.15) is 32.4 Å². The number of methoxy groups -OCH3 is 1. The van der Waals surface area contributed by atoms with Crippen molar-refractivity contribution in [2.24, 2.45) is 0 Å². The van der Waals surface area contributed by atoms with E-state index in [1.165, 1.54) is 5.69 Å². The van der Waals surface area contributed by atoms with Crippen LogP contribution in [0.3, 0.4) is 0 Å². The number of amides is 2. The first-order chi connectivity index (χ1) is 14.0. The van der Waals surface area contributed by atoms with Gasteiger partial charge in [-0.2, -0.15) is 0 Å². The molecule has 3 rings (SSSR count). The summed E-state index contributed by atoms with van der Waals surface area (Å²) in [6.45, 7) is 9.02. The smallest absolute Gasteiger partial charge is 0.317 e. The Kier molecular flexibility index (Phi) is 6.86. The first-order valence-electron chi connectivity index (χ1n) is 10.2. The average molecular weight is 398 g/mol. The van der Waals surface area contributed by atoms with Gasteiger partial charge in [0.25, 0.3) is 0 Å². The van der Waals surface area contributed by atoms with E-state index >= 15 is 0 Å². The Morgan fingerprint density at radius 1 is 0.966 bits per heavy atom. The number of anilines is 1. The minimum atomic E-state index is -0.128. The molecule has 2 aromatic carbocycles. The van der Waals surface area contributed by atoms with Crippen molar-refractivity contribution < 1.29 is 14.3 Å². The van der Waals surface area contributed by atoms with E-state index < -0.39 is 0 Å². The SMILES string of the molecule is COc1cc(C(C)NC(=O)N2CCN(c3ccccc3)CC2)ccc1OC(C)C. The van der Waals surface area contributed by atoms with E-state index in [0.29, 0.717) is 24.6 Å². The summed E-state index contributed by atoms with van der Waals surface area (Å²) in [4.78, 5) is 16.9. The lowest BCUT2D eigenvalue weighted by atomic mass is 10.1. The number of para-hydroxylation sites is 1. The zero-order valence-corrected chi connectivity index (χ0v) is 17.7. The maximum absolute atomic E-state index is 12.7. The summed E-state index contributed by atoms with van der Waals surface area (Å²) in [5, 5.41) is 3.10. The van der Waals surface area contributed by atoms with Gasteiger partial charge in [-0.25, -0.2) is 4.79 Å². The molecular weight excluding hydrogens is 366 g/mol. The molecule has 0 radical (unpaired) electrons. The summed E-state index contributed by atoms with van der Waals surface area (Å²) in [6, 6.07) is 16.0. The Hall–Kier alpha value is -2.89. The lowest BCUT2D eigenvalue weighted by Crippen LogP contribution is -2.52. The second kappa shape index (κ2) is 9.54. The van der Waals surface area contributed by atoms with Crippen molar-refractivity contribution in [1.29, 1.82) is 0 Å². The van der Waals surface area contributed by atoms with Gasteiger partial charge in [-0.1, -0.05) is 24.3 Å². The number of hydrogen-bond donors (Lipinski definition) is 1. The Morgan fingerprint density at radius 3 is 2.28 bits per heavy atom. The highest BCUT2D eigenvalue weighted by Gasteiger charge is 2.23. The first-order valence-corrected chi connectivity index (χ1v) is 10.2. The van der Waals surface area contributed by atoms with Gasteiger partial charge in [0.15, 0.2) is 11.5 Å². The predicted octanol–water partition coefficient (Wildman–Crippen LogP) is 4.08. The van der Waals surface area contributed by atoms with E-state index in [9.17, 15) is 4.79 Å². The highest BCUT2D eigenvalue weighted by molar-refractivity contribution is 5.75. The average Bonchev–Trinajstić information content (AvgIpc) is 2.74. The van der Waals surface area contributed by atoms with Crippen molar-refractivity contribution in [3.05, 3.63) is 54.1 Å². The lowest BCUT2D eigenvalue weighted by Gasteiger charge is -2.36. The summed E-state index contributed by atoms with van der Waals surface area (Å²) in [6.07, 6.45) is 0.0708.